The van der Waals surface area contributed by atoms with Crippen molar-refractivity contribution in [1.29, 1.82) is 0 Å². The van der Waals surface area contributed by atoms with E-state index < -0.39 is 0 Å². The maximum absolute atomic E-state index is 12.0. The van der Waals surface area contributed by atoms with Crippen LogP contribution in [-0.2, 0) is 11.2 Å². The topological polar surface area (TPSA) is 41.5 Å². The highest BCUT2D eigenvalue weighted by Crippen LogP contribution is 2.20. The van der Waals surface area contributed by atoms with Crippen molar-refractivity contribution < 1.29 is 4.79 Å². The maximum Gasteiger partial charge on any atom is 0.275 e. The van der Waals surface area contributed by atoms with Gasteiger partial charge in [0.15, 0.2) is 0 Å². The average Bonchev–Trinajstić information content (AvgIpc) is 2.89. The van der Waals surface area contributed by atoms with E-state index in [2.05, 4.69) is 10.3 Å². The summed E-state index contributed by atoms with van der Waals surface area (Å²) in [6.45, 7) is 0. The molecule has 0 bridgehead atoms. The third kappa shape index (κ3) is 4.01. The lowest BCUT2D eigenvalue weighted by molar-refractivity contribution is -0.115. The maximum atomic E-state index is 12.0. The Morgan fingerprint density at radius 1 is 1.00 bits per heavy atom. The van der Waals surface area contributed by atoms with Crippen LogP contribution >= 0.6 is 23.2 Å². The van der Waals surface area contributed by atoms with E-state index in [1.54, 1.807) is 12.1 Å². The molecule has 0 saturated heterocycles. The lowest BCUT2D eigenvalue weighted by Crippen LogP contribution is -2.24. The normalized spacial score (nSPS) is 15.7. The Morgan fingerprint density at radius 2 is 1.74 bits per heavy atom. The summed E-state index contributed by atoms with van der Waals surface area (Å²) in [7, 11) is 0. The fourth-order valence-corrected chi connectivity index (χ4v) is 2.60. The minimum absolute atomic E-state index is 0.198. The van der Waals surface area contributed by atoms with Gasteiger partial charge in [0.2, 0.25) is 0 Å². The number of nitrogens with one attached hydrogen (secondary N) is 1. The van der Waals surface area contributed by atoms with Crippen LogP contribution in [0.4, 0.5) is 0 Å². The van der Waals surface area contributed by atoms with Gasteiger partial charge in [0.25, 0.3) is 5.91 Å². The van der Waals surface area contributed by atoms with Gasteiger partial charge in [-0.3, -0.25) is 4.79 Å². The molecule has 0 aliphatic carbocycles. The number of amidine groups is 1. The molecule has 116 valence electrons. The molecule has 0 radical (unpaired) electrons. The molecule has 2 aromatic carbocycles. The van der Waals surface area contributed by atoms with E-state index in [9.17, 15) is 4.79 Å². The summed E-state index contributed by atoms with van der Waals surface area (Å²) < 4.78 is 0. The molecule has 1 amide bonds. The van der Waals surface area contributed by atoms with Gasteiger partial charge >= 0.3 is 0 Å². The molecule has 2 aromatic rings. The van der Waals surface area contributed by atoms with Crippen LogP contribution in [0.15, 0.2) is 59.2 Å². The highest BCUT2D eigenvalue weighted by molar-refractivity contribution is 6.32. The predicted molar refractivity (Wildman–Crippen MR) is 94.8 cm³/mol. The molecule has 1 aliphatic rings. The summed E-state index contributed by atoms with van der Waals surface area (Å²) in [4.78, 5) is 16.4. The third-order valence-corrected chi connectivity index (χ3v) is 4.10. The predicted octanol–water partition coefficient (Wildman–Crippen LogP) is 4.50. The van der Waals surface area contributed by atoms with Gasteiger partial charge in [0, 0.05) is 16.5 Å². The summed E-state index contributed by atoms with van der Waals surface area (Å²) >= 11 is 12.0. The molecule has 0 atom stereocenters. The molecule has 1 N–H and O–H groups in total. The second-order valence-electron chi connectivity index (χ2n) is 5.19. The summed E-state index contributed by atoms with van der Waals surface area (Å²) in [6, 6.07) is 15.0. The van der Waals surface area contributed by atoms with Crippen LogP contribution in [0.5, 0.6) is 0 Å². The number of aryl methyl sites for hydroxylation is 1. The first-order valence-corrected chi connectivity index (χ1v) is 7.97. The number of halogens is 2. The molecule has 1 heterocycles. The summed E-state index contributed by atoms with van der Waals surface area (Å²) in [5.41, 5.74) is 2.31. The average molecular weight is 345 g/mol. The van der Waals surface area contributed by atoms with Crippen molar-refractivity contribution in [3.63, 3.8) is 0 Å². The lowest BCUT2D eigenvalue weighted by Gasteiger charge is -2.01. The van der Waals surface area contributed by atoms with Gasteiger partial charge in [-0.25, -0.2) is 4.99 Å². The van der Waals surface area contributed by atoms with Crippen LogP contribution < -0.4 is 5.32 Å². The van der Waals surface area contributed by atoms with Crippen LogP contribution in [0.1, 0.15) is 17.5 Å². The Balaban J connectivity index is 1.71. The van der Waals surface area contributed by atoms with Crippen molar-refractivity contribution >= 4 is 41.0 Å². The zero-order chi connectivity index (χ0) is 16.2. The number of aliphatic imine (C=N–C) groups is 1. The second-order valence-corrected chi connectivity index (χ2v) is 6.03. The van der Waals surface area contributed by atoms with E-state index >= 15 is 0 Å². The van der Waals surface area contributed by atoms with Gasteiger partial charge in [0.05, 0.1) is 0 Å². The van der Waals surface area contributed by atoms with Crippen molar-refractivity contribution in [3.8, 4) is 0 Å². The van der Waals surface area contributed by atoms with Crippen molar-refractivity contribution in [1.82, 2.24) is 5.32 Å². The van der Waals surface area contributed by atoms with Crippen LogP contribution in [0, 0.1) is 0 Å². The van der Waals surface area contributed by atoms with Crippen LogP contribution in [0.25, 0.3) is 6.08 Å². The smallest absolute Gasteiger partial charge is 0.275 e. The number of carbonyl (C=O) groups excluding carboxylic acids is 1. The number of amides is 1. The molecule has 3 rings (SSSR count). The fraction of sp³-hybridized carbons (Fsp3) is 0.111. The highest BCUT2D eigenvalue weighted by atomic mass is 35.5. The lowest BCUT2D eigenvalue weighted by atomic mass is 10.1. The largest absolute Gasteiger partial charge is 0.309 e. The number of benzene rings is 2. The quantitative estimate of drug-likeness (QED) is 0.815. The van der Waals surface area contributed by atoms with Crippen LogP contribution in [-0.4, -0.2) is 11.7 Å². The number of rotatable bonds is 4. The second kappa shape index (κ2) is 6.99. The molecular formula is C18H14Cl2N2O. The molecule has 1 aliphatic heterocycles. The van der Waals surface area contributed by atoms with Gasteiger partial charge in [0.1, 0.15) is 11.5 Å². The minimum Gasteiger partial charge on any atom is -0.309 e. The van der Waals surface area contributed by atoms with Gasteiger partial charge in [-0.1, -0.05) is 53.5 Å². The molecule has 0 unspecified atom stereocenters. The molecule has 3 nitrogen and oxygen atoms in total. The zero-order valence-electron chi connectivity index (χ0n) is 12.2. The number of carbonyl (C=O) groups is 1. The fourth-order valence-electron chi connectivity index (χ4n) is 2.29. The molecule has 0 aromatic heterocycles. The molecule has 0 saturated carbocycles. The van der Waals surface area contributed by atoms with Crippen molar-refractivity contribution in [2.75, 3.05) is 0 Å². The van der Waals surface area contributed by atoms with Crippen LogP contribution in [0.2, 0.25) is 10.0 Å². The highest BCUT2D eigenvalue weighted by Gasteiger charge is 2.19. The first kappa shape index (κ1) is 15.8. The molecule has 23 heavy (non-hydrogen) atoms. The molecular weight excluding hydrogens is 331 g/mol. The van der Waals surface area contributed by atoms with Crippen LogP contribution in [0.3, 0.4) is 0 Å². The standard InChI is InChI=1S/C18H14Cl2N2O/c19-14-8-5-12(6-9-14)7-10-17-21-16(18(23)22-17)11-13-3-1-2-4-15(13)20/h1-6,8-9,11H,7,10H2,(H,21,22,23)/b16-11-. The van der Waals surface area contributed by atoms with Crippen molar-refractivity contribution in [2.24, 2.45) is 4.99 Å². The molecule has 0 spiro atoms. The van der Waals surface area contributed by atoms with Crippen molar-refractivity contribution in [2.45, 2.75) is 12.8 Å². The summed E-state index contributed by atoms with van der Waals surface area (Å²) in [6.07, 6.45) is 3.15. The number of hydrogen-bond donors (Lipinski definition) is 1. The van der Waals surface area contributed by atoms with Gasteiger partial charge in [-0.15, -0.1) is 0 Å². The van der Waals surface area contributed by atoms with E-state index in [4.69, 9.17) is 23.2 Å². The first-order valence-electron chi connectivity index (χ1n) is 7.21. The van der Waals surface area contributed by atoms with Gasteiger partial charge in [-0.2, -0.15) is 0 Å². The Morgan fingerprint density at radius 3 is 2.48 bits per heavy atom. The monoisotopic (exact) mass is 344 g/mol. The van der Waals surface area contributed by atoms with Gasteiger partial charge in [-0.05, 0) is 41.8 Å². The van der Waals surface area contributed by atoms with Crippen molar-refractivity contribution in [3.05, 3.63) is 75.4 Å². The van der Waals surface area contributed by atoms with E-state index in [0.29, 0.717) is 28.0 Å². The van der Waals surface area contributed by atoms with E-state index in [1.165, 1.54) is 0 Å². The van der Waals surface area contributed by atoms with E-state index in [0.717, 1.165) is 17.5 Å². The summed E-state index contributed by atoms with van der Waals surface area (Å²) in [5.74, 6) is 0.472. The Hall–Kier alpha value is -2.10. The SMILES string of the molecule is O=C1NC(CCc2ccc(Cl)cc2)=N/C1=C\c1ccccc1Cl. The first-order chi connectivity index (χ1) is 11.1. The number of hydrogen-bond acceptors (Lipinski definition) is 2. The zero-order valence-corrected chi connectivity index (χ0v) is 13.7. The van der Waals surface area contributed by atoms with E-state index in [-0.39, 0.29) is 5.91 Å². The van der Waals surface area contributed by atoms with E-state index in [1.807, 2.05) is 42.5 Å². The molecule has 0 fully saturated rings. The van der Waals surface area contributed by atoms with Gasteiger partial charge < -0.3 is 5.32 Å². The Bertz CT molecular complexity index is 795. The Kier molecular flexibility index (Phi) is 4.79. The molecule has 5 heteroatoms. The third-order valence-electron chi connectivity index (χ3n) is 3.51. The summed E-state index contributed by atoms with van der Waals surface area (Å²) in [5, 5.41) is 4.11. The Labute approximate surface area is 144 Å². The minimum atomic E-state index is -0.198. The number of nitrogens with zero attached hydrogens (tertiary/aromatic N) is 1.